The number of fused-ring (bicyclic) bond motifs is 1. The van der Waals surface area contributed by atoms with E-state index in [9.17, 15) is 21.6 Å². The first-order valence-electron chi connectivity index (χ1n) is 16.6. The summed E-state index contributed by atoms with van der Waals surface area (Å²) in [6.07, 6.45) is 0.359. The second-order valence-corrected chi connectivity index (χ2v) is 15.5. The number of halogens is 4. The summed E-state index contributed by atoms with van der Waals surface area (Å²) in [6.45, 7) is 3.82. The number of hydrogen-bond acceptors (Lipinski definition) is 8. The fourth-order valence-electron chi connectivity index (χ4n) is 6.63. The summed E-state index contributed by atoms with van der Waals surface area (Å²) >= 11 is 3.07. The number of rotatable bonds is 12. The number of sulfonamides is 1. The Morgan fingerprint density at radius 2 is 1.52 bits per heavy atom. The number of anilines is 2. The molecule has 3 N–H and O–H groups in total. The molecule has 0 amide bonds. The molecule has 1 aliphatic heterocycles. The van der Waals surface area contributed by atoms with E-state index < -0.39 is 27.0 Å². The van der Waals surface area contributed by atoms with Crippen molar-refractivity contribution in [3.63, 3.8) is 0 Å². The average molecular weight is 778 g/mol. The van der Waals surface area contributed by atoms with Crippen LogP contribution in [0.5, 0.6) is 5.75 Å². The SMILES string of the molecule is C.O=S(=O)(NCC1CCC(CNc2nc(NC3CCN(Cc4ccccc4)CC3)c3ccccc3n2)CC1)c1ccc(Br)cc1OC(F)(F)F. The van der Waals surface area contributed by atoms with Crippen molar-refractivity contribution in [3.8, 4) is 5.75 Å². The molecular weight excluding hydrogens is 733 g/mol. The molecule has 2 aliphatic rings. The van der Waals surface area contributed by atoms with E-state index in [1.54, 1.807) is 0 Å². The summed E-state index contributed by atoms with van der Waals surface area (Å²) in [7, 11) is -4.22. The van der Waals surface area contributed by atoms with E-state index >= 15 is 0 Å². The van der Waals surface area contributed by atoms with Crippen LogP contribution in [0.15, 0.2) is 82.2 Å². The van der Waals surface area contributed by atoms with Gasteiger partial charge in [-0.2, -0.15) is 4.98 Å². The molecule has 14 heteroatoms. The number of para-hydroxylation sites is 1. The molecular formula is C36H44BrF3N6O3S. The van der Waals surface area contributed by atoms with E-state index in [2.05, 4.69) is 65.2 Å². The zero-order valence-corrected chi connectivity index (χ0v) is 29.3. The van der Waals surface area contributed by atoms with Gasteiger partial charge in [-0.3, -0.25) is 4.90 Å². The van der Waals surface area contributed by atoms with Crippen molar-refractivity contribution in [2.75, 3.05) is 36.8 Å². The first kappa shape index (κ1) is 37.8. The minimum Gasteiger partial charge on any atom is -0.404 e. The van der Waals surface area contributed by atoms with Gasteiger partial charge in [0.15, 0.2) is 5.75 Å². The van der Waals surface area contributed by atoms with Crippen molar-refractivity contribution in [1.29, 1.82) is 0 Å². The Morgan fingerprint density at radius 1 is 0.860 bits per heavy atom. The van der Waals surface area contributed by atoms with Crippen molar-refractivity contribution in [3.05, 3.63) is 82.8 Å². The summed E-state index contributed by atoms with van der Waals surface area (Å²) in [4.78, 5) is 11.6. The van der Waals surface area contributed by atoms with Gasteiger partial charge < -0.3 is 15.4 Å². The number of nitrogens with one attached hydrogen (secondary N) is 3. The second-order valence-electron chi connectivity index (χ2n) is 12.9. The number of likely N-dealkylation sites (tertiary alicyclic amines) is 1. The Hall–Kier alpha value is -3.46. The number of ether oxygens (including phenoxy) is 1. The van der Waals surface area contributed by atoms with E-state index in [-0.39, 0.29) is 24.4 Å². The maximum absolute atomic E-state index is 12.9. The maximum atomic E-state index is 12.9. The van der Waals surface area contributed by atoms with Crippen LogP contribution in [0.2, 0.25) is 0 Å². The monoisotopic (exact) mass is 776 g/mol. The van der Waals surface area contributed by atoms with Crippen LogP contribution in [-0.4, -0.2) is 61.9 Å². The fraction of sp³-hybridized carbons (Fsp3) is 0.444. The highest BCUT2D eigenvalue weighted by molar-refractivity contribution is 9.10. The van der Waals surface area contributed by atoms with Gasteiger partial charge in [0.05, 0.1) is 5.52 Å². The molecule has 4 aromatic rings. The third-order valence-electron chi connectivity index (χ3n) is 9.28. The zero-order valence-electron chi connectivity index (χ0n) is 26.9. The summed E-state index contributed by atoms with van der Waals surface area (Å²) in [6, 6.07) is 22.3. The molecule has 0 atom stereocenters. The minimum absolute atomic E-state index is 0. The number of nitrogens with zero attached hydrogens (tertiary/aromatic N) is 3. The van der Waals surface area contributed by atoms with Crippen LogP contribution < -0.4 is 20.1 Å². The Labute approximate surface area is 300 Å². The van der Waals surface area contributed by atoms with Gasteiger partial charge in [0.2, 0.25) is 16.0 Å². The lowest BCUT2D eigenvalue weighted by atomic mass is 9.82. The predicted molar refractivity (Wildman–Crippen MR) is 195 cm³/mol. The van der Waals surface area contributed by atoms with Gasteiger partial charge >= 0.3 is 6.36 Å². The second kappa shape index (κ2) is 16.7. The molecule has 9 nitrogen and oxygen atoms in total. The molecule has 0 spiro atoms. The lowest BCUT2D eigenvalue weighted by molar-refractivity contribution is -0.275. The van der Waals surface area contributed by atoms with Gasteiger partial charge in [-0.25, -0.2) is 18.1 Å². The molecule has 3 aromatic carbocycles. The molecule has 1 saturated heterocycles. The van der Waals surface area contributed by atoms with Crippen LogP contribution >= 0.6 is 15.9 Å². The number of aromatic nitrogens is 2. The molecule has 2 heterocycles. The summed E-state index contributed by atoms with van der Waals surface area (Å²) in [5.41, 5.74) is 2.20. The van der Waals surface area contributed by atoms with Crippen molar-refractivity contribution in [2.24, 2.45) is 11.8 Å². The highest BCUT2D eigenvalue weighted by Crippen LogP contribution is 2.34. The maximum Gasteiger partial charge on any atom is 0.573 e. The molecule has 0 bridgehead atoms. The Bertz CT molecular complexity index is 1820. The molecule has 50 heavy (non-hydrogen) atoms. The Balaban J connectivity index is 0.00000486. The first-order chi connectivity index (χ1) is 23.5. The Morgan fingerprint density at radius 3 is 2.22 bits per heavy atom. The standard InChI is InChI=1S/C35H40BrF3N6O3S.CH4/c36-27-14-15-32(31(20-27)48-35(37,38)39)49(46,47)41-22-25-12-10-24(11-13-25)21-40-34-43-30-9-5-4-8-29(30)33(44-34)42-28-16-18-45(19-17-28)23-26-6-2-1-3-7-26;/h1-9,14-15,20,24-25,28,41H,10-13,16-19,21-23H2,(H2,40,42,43,44);1H4. The lowest BCUT2D eigenvalue weighted by Gasteiger charge is -2.33. The van der Waals surface area contributed by atoms with E-state index in [1.807, 2.05) is 30.3 Å². The molecule has 2 fully saturated rings. The lowest BCUT2D eigenvalue weighted by Crippen LogP contribution is -2.38. The molecule has 0 radical (unpaired) electrons. The predicted octanol–water partition coefficient (Wildman–Crippen LogP) is 8.20. The largest absolute Gasteiger partial charge is 0.573 e. The summed E-state index contributed by atoms with van der Waals surface area (Å²) in [5.74, 6) is 1.05. The van der Waals surface area contributed by atoms with E-state index in [0.29, 0.717) is 24.5 Å². The van der Waals surface area contributed by atoms with Crippen molar-refractivity contribution in [1.82, 2.24) is 19.6 Å². The van der Waals surface area contributed by atoms with Crippen LogP contribution in [0.4, 0.5) is 24.9 Å². The summed E-state index contributed by atoms with van der Waals surface area (Å²) < 4.78 is 71.4. The quantitative estimate of drug-likeness (QED) is 0.132. The Kier molecular flexibility index (Phi) is 12.6. The minimum atomic E-state index is -5.02. The fourth-order valence-corrected chi connectivity index (χ4v) is 8.19. The van der Waals surface area contributed by atoms with Crippen molar-refractivity contribution < 1.29 is 26.3 Å². The van der Waals surface area contributed by atoms with Gasteiger partial charge in [-0.1, -0.05) is 65.8 Å². The highest BCUT2D eigenvalue weighted by atomic mass is 79.9. The number of benzene rings is 3. The molecule has 270 valence electrons. The zero-order chi connectivity index (χ0) is 34.4. The third kappa shape index (κ3) is 10.3. The number of alkyl halides is 3. The van der Waals surface area contributed by atoms with Gasteiger partial charge in [-0.05, 0) is 86.3 Å². The third-order valence-corrected chi connectivity index (χ3v) is 11.2. The van der Waals surface area contributed by atoms with Crippen LogP contribution in [0.3, 0.4) is 0 Å². The van der Waals surface area contributed by atoms with E-state index in [0.717, 1.165) is 87.0 Å². The first-order valence-corrected chi connectivity index (χ1v) is 18.9. The van der Waals surface area contributed by atoms with Crippen LogP contribution in [0, 0.1) is 11.8 Å². The smallest absolute Gasteiger partial charge is 0.404 e. The van der Waals surface area contributed by atoms with Crippen LogP contribution in [0.1, 0.15) is 51.5 Å². The van der Waals surface area contributed by atoms with E-state index in [4.69, 9.17) is 9.97 Å². The summed E-state index contributed by atoms with van der Waals surface area (Å²) in [5, 5.41) is 8.15. The van der Waals surface area contributed by atoms with E-state index in [1.165, 1.54) is 11.6 Å². The molecule has 6 rings (SSSR count). The van der Waals surface area contributed by atoms with Gasteiger partial charge in [0, 0.05) is 48.6 Å². The van der Waals surface area contributed by atoms with Crippen molar-refractivity contribution in [2.45, 2.75) is 69.8 Å². The molecule has 1 aliphatic carbocycles. The van der Waals surface area contributed by atoms with Gasteiger partial charge in [0.25, 0.3) is 0 Å². The molecule has 0 unspecified atom stereocenters. The van der Waals surface area contributed by atoms with Crippen LogP contribution in [0.25, 0.3) is 10.9 Å². The number of piperidine rings is 1. The average Bonchev–Trinajstić information content (AvgIpc) is 3.07. The normalized spacial score (nSPS) is 19.1. The van der Waals surface area contributed by atoms with Gasteiger partial charge in [-0.15, -0.1) is 13.2 Å². The number of hydrogen-bond donors (Lipinski definition) is 3. The van der Waals surface area contributed by atoms with Gasteiger partial charge in [0.1, 0.15) is 10.7 Å². The molecule has 1 saturated carbocycles. The highest BCUT2D eigenvalue weighted by Gasteiger charge is 2.34. The van der Waals surface area contributed by atoms with Crippen molar-refractivity contribution >= 4 is 48.6 Å². The molecule has 1 aromatic heterocycles. The topological polar surface area (TPSA) is 108 Å². The van der Waals surface area contributed by atoms with Crippen LogP contribution in [-0.2, 0) is 16.6 Å².